The summed E-state index contributed by atoms with van der Waals surface area (Å²) in [6.45, 7) is 2.06. The zero-order valence-electron chi connectivity index (χ0n) is 12.4. The van der Waals surface area contributed by atoms with Gasteiger partial charge in [-0.25, -0.2) is 0 Å². The van der Waals surface area contributed by atoms with Crippen molar-refractivity contribution in [3.63, 3.8) is 0 Å². The average molecular weight is 414 g/mol. The molecule has 0 bridgehead atoms. The lowest BCUT2D eigenvalue weighted by molar-refractivity contribution is 0.223. The van der Waals surface area contributed by atoms with Crippen LogP contribution in [0.3, 0.4) is 0 Å². The highest BCUT2D eigenvalue weighted by Crippen LogP contribution is 2.26. The van der Waals surface area contributed by atoms with Crippen LogP contribution in [-0.4, -0.2) is 79.7 Å². The summed E-state index contributed by atoms with van der Waals surface area (Å²) in [5.41, 5.74) is 0. The highest BCUT2D eigenvalue weighted by atomic mass is 35.5. The molecule has 21 heavy (non-hydrogen) atoms. The smallest absolute Gasteiger partial charge is 0.0765 e. The fourth-order valence-corrected chi connectivity index (χ4v) is 6.55. The lowest BCUT2D eigenvalue weighted by atomic mass is 10.5. The zero-order chi connectivity index (χ0) is 15.9. The Labute approximate surface area is 156 Å². The van der Waals surface area contributed by atoms with E-state index in [1.807, 2.05) is 23.5 Å². The van der Waals surface area contributed by atoms with Gasteiger partial charge in [-0.1, -0.05) is 6.92 Å². The van der Waals surface area contributed by atoms with E-state index in [2.05, 4.69) is 18.7 Å². The summed E-state index contributed by atoms with van der Waals surface area (Å²) in [6.07, 6.45) is -0.644. The molecule has 0 amide bonds. The Bertz CT molecular complexity index is 222. The van der Waals surface area contributed by atoms with Gasteiger partial charge in [-0.3, -0.25) is 0 Å². The maximum Gasteiger partial charge on any atom is 0.0765 e. The maximum absolute atomic E-state index is 9.22. The highest BCUT2D eigenvalue weighted by Gasteiger charge is 2.14. The van der Waals surface area contributed by atoms with Crippen molar-refractivity contribution < 1.29 is 10.2 Å². The van der Waals surface area contributed by atoms with Gasteiger partial charge in [-0.15, -0.1) is 23.2 Å². The molecule has 1 saturated heterocycles. The minimum Gasteiger partial charge on any atom is -0.391 e. The second-order valence-corrected chi connectivity index (χ2v) is 9.95. The number of rotatable bonds is 9. The molecule has 128 valence electrons. The maximum atomic E-state index is 9.22. The van der Waals surface area contributed by atoms with Crippen LogP contribution in [0.2, 0.25) is 0 Å². The fourth-order valence-electron chi connectivity index (χ4n) is 1.31. The zero-order valence-corrected chi connectivity index (χ0v) is 17.2. The first-order valence-electron chi connectivity index (χ1n) is 6.96. The number of alkyl halides is 2. The van der Waals surface area contributed by atoms with Crippen molar-refractivity contribution in [1.82, 2.24) is 0 Å². The van der Waals surface area contributed by atoms with Crippen LogP contribution in [-0.2, 0) is 0 Å². The lowest BCUT2D eigenvalue weighted by Crippen LogP contribution is -2.19. The first-order chi connectivity index (χ1) is 10.1. The predicted octanol–water partition coefficient (Wildman–Crippen LogP) is 3.51. The molecule has 3 unspecified atom stereocenters. The summed E-state index contributed by atoms with van der Waals surface area (Å²) >= 11 is 18.5. The Kier molecular flexibility index (Phi) is 18.3. The number of aliphatic hydroxyl groups excluding tert-OH is 2. The highest BCUT2D eigenvalue weighted by molar-refractivity contribution is 8.07. The van der Waals surface area contributed by atoms with Crippen LogP contribution in [0.5, 0.6) is 0 Å². The molecule has 1 heterocycles. The van der Waals surface area contributed by atoms with Gasteiger partial charge < -0.3 is 10.2 Å². The van der Waals surface area contributed by atoms with E-state index in [4.69, 9.17) is 28.3 Å². The fraction of sp³-hybridized carbons (Fsp3) is 1.00. The minimum absolute atomic E-state index is 0.318. The van der Waals surface area contributed by atoms with Crippen molar-refractivity contribution in [3.05, 3.63) is 0 Å². The molecule has 0 aromatic rings. The van der Waals surface area contributed by atoms with Crippen LogP contribution < -0.4 is 0 Å². The molecule has 0 radical (unpaired) electrons. The molecule has 1 fully saturated rings. The topological polar surface area (TPSA) is 40.5 Å². The molecule has 2 N–H and O–H groups in total. The Morgan fingerprint density at radius 3 is 2.19 bits per heavy atom. The molecule has 0 saturated carbocycles. The molecule has 1 aliphatic rings. The van der Waals surface area contributed by atoms with Gasteiger partial charge in [0.25, 0.3) is 0 Å². The summed E-state index contributed by atoms with van der Waals surface area (Å²) in [5.74, 6) is 8.33. The van der Waals surface area contributed by atoms with Crippen LogP contribution in [0.4, 0.5) is 0 Å². The van der Waals surface area contributed by atoms with Crippen molar-refractivity contribution in [2.45, 2.75) is 24.4 Å². The summed E-state index contributed by atoms with van der Waals surface area (Å²) in [5, 5.41) is 18.8. The number of hydrogen-bond acceptors (Lipinski definition) is 6. The number of aliphatic hydroxyl groups is 2. The van der Waals surface area contributed by atoms with Crippen molar-refractivity contribution in [3.8, 4) is 0 Å². The average Bonchev–Trinajstić information content (AvgIpc) is 2.54. The lowest BCUT2D eigenvalue weighted by Gasteiger charge is -2.20. The molecule has 2 nitrogen and oxygen atoms in total. The summed E-state index contributed by atoms with van der Waals surface area (Å²) < 4.78 is 0. The van der Waals surface area contributed by atoms with Gasteiger partial charge in [0, 0.05) is 51.5 Å². The van der Waals surface area contributed by atoms with Crippen LogP contribution in [0.1, 0.15) is 6.92 Å². The van der Waals surface area contributed by atoms with E-state index in [0.29, 0.717) is 11.8 Å². The van der Waals surface area contributed by atoms with Crippen LogP contribution in [0.25, 0.3) is 0 Å². The quantitative estimate of drug-likeness (QED) is 0.564. The number of thioether (sulfide) groups is 4. The third-order valence-electron chi connectivity index (χ3n) is 2.37. The second kappa shape index (κ2) is 16.7. The minimum atomic E-state index is -0.326. The Morgan fingerprint density at radius 2 is 1.71 bits per heavy atom. The summed E-state index contributed by atoms with van der Waals surface area (Å²) in [7, 11) is 0. The van der Waals surface area contributed by atoms with E-state index >= 15 is 0 Å². The van der Waals surface area contributed by atoms with Crippen LogP contribution in [0.15, 0.2) is 0 Å². The third-order valence-corrected chi connectivity index (χ3v) is 8.43. The van der Waals surface area contributed by atoms with Gasteiger partial charge in [-0.2, -0.15) is 47.0 Å². The van der Waals surface area contributed by atoms with Gasteiger partial charge in [0.05, 0.1) is 12.2 Å². The molecular formula is C13H26Cl2O2S4. The van der Waals surface area contributed by atoms with Crippen molar-refractivity contribution in [2.24, 2.45) is 0 Å². The number of hydrogen-bond donors (Lipinski definition) is 2. The van der Waals surface area contributed by atoms with E-state index < -0.39 is 0 Å². The van der Waals surface area contributed by atoms with E-state index in [1.165, 1.54) is 17.3 Å². The first kappa shape index (κ1) is 22.9. The van der Waals surface area contributed by atoms with Crippen molar-refractivity contribution in [1.29, 1.82) is 0 Å². The van der Waals surface area contributed by atoms with E-state index in [9.17, 15) is 5.11 Å². The van der Waals surface area contributed by atoms with Crippen molar-refractivity contribution >= 4 is 70.2 Å². The molecule has 0 spiro atoms. The van der Waals surface area contributed by atoms with Crippen LogP contribution in [0, 0.1) is 0 Å². The van der Waals surface area contributed by atoms with Gasteiger partial charge in [-0.05, 0) is 5.75 Å². The van der Waals surface area contributed by atoms with Gasteiger partial charge in [0.15, 0.2) is 0 Å². The molecule has 0 aromatic carbocycles. The molecular weight excluding hydrogens is 387 g/mol. The van der Waals surface area contributed by atoms with Gasteiger partial charge in [0.2, 0.25) is 0 Å². The van der Waals surface area contributed by atoms with Gasteiger partial charge in [0.1, 0.15) is 0 Å². The predicted molar refractivity (Wildman–Crippen MR) is 107 cm³/mol. The standard InChI is InChI=1S/C8H15ClOS3.C5H11ClOS/c9-3-7(10)4-12-6-8-5-11-1-2-13-8;1-2-8-4-5(7)3-6/h7-8,10H,1-6H2;5,7H,2-4H2,1H3. The molecule has 1 aliphatic heterocycles. The number of halogens is 2. The summed E-state index contributed by atoms with van der Waals surface area (Å²) in [6, 6.07) is 0. The summed E-state index contributed by atoms with van der Waals surface area (Å²) in [4.78, 5) is 0. The Morgan fingerprint density at radius 1 is 1.10 bits per heavy atom. The van der Waals surface area contributed by atoms with E-state index in [-0.39, 0.29) is 12.2 Å². The molecule has 0 aromatic heterocycles. The molecule has 8 heteroatoms. The van der Waals surface area contributed by atoms with Crippen molar-refractivity contribution in [2.75, 3.05) is 52.0 Å². The third kappa shape index (κ3) is 15.2. The van der Waals surface area contributed by atoms with E-state index in [1.54, 1.807) is 11.8 Å². The monoisotopic (exact) mass is 412 g/mol. The molecule has 0 aliphatic carbocycles. The molecule has 1 rings (SSSR count). The first-order valence-corrected chi connectivity index (χ1v) is 12.5. The SMILES string of the molecule is CCSCC(O)CCl.OC(CCl)CSCC1CSCCS1. The Hall–Kier alpha value is 1.90. The largest absolute Gasteiger partial charge is 0.391 e. The van der Waals surface area contributed by atoms with E-state index in [0.717, 1.165) is 28.3 Å². The Balaban J connectivity index is 0.000000433. The van der Waals surface area contributed by atoms with Crippen LogP contribution >= 0.6 is 70.2 Å². The second-order valence-electron chi connectivity index (χ2n) is 4.38. The van der Waals surface area contributed by atoms with Gasteiger partial charge >= 0.3 is 0 Å². The molecule has 3 atom stereocenters. The normalized spacial score (nSPS) is 21.3.